The van der Waals surface area contributed by atoms with E-state index in [1.54, 1.807) is 11.8 Å². The number of thioether (sulfide) groups is 2. The molecular weight excluding hydrogens is 350 g/mol. The number of carboxylic acids is 1. The topological polar surface area (TPSA) is 50.2 Å². The lowest BCUT2D eigenvalue weighted by Gasteiger charge is -2.09. The minimum Gasteiger partial charge on any atom is -0.481 e. The molecule has 132 valence electrons. The minimum absolute atomic E-state index is 0.237. The van der Waals surface area contributed by atoms with Crippen molar-refractivity contribution in [2.45, 2.75) is 53.7 Å². The molecule has 5 heteroatoms. The van der Waals surface area contributed by atoms with Crippen LogP contribution >= 0.6 is 23.5 Å². The molecule has 0 spiro atoms. The second-order valence-corrected chi connectivity index (χ2v) is 8.74. The lowest BCUT2D eigenvalue weighted by Crippen LogP contribution is -1.95. The summed E-state index contributed by atoms with van der Waals surface area (Å²) in [6.07, 6.45) is 6.25. The summed E-state index contributed by atoms with van der Waals surface area (Å²) in [5.74, 6) is 0.106. The molecule has 0 atom stereocenters. The number of benzene rings is 1. The largest absolute Gasteiger partial charge is 0.481 e. The van der Waals surface area contributed by atoms with Crippen molar-refractivity contribution >= 4 is 29.5 Å². The van der Waals surface area contributed by atoms with E-state index in [9.17, 15) is 4.79 Å². The maximum atomic E-state index is 10.5. The molecule has 1 aliphatic carbocycles. The predicted octanol–water partition coefficient (Wildman–Crippen LogP) is 5.74. The van der Waals surface area contributed by atoms with Gasteiger partial charge >= 0.3 is 5.97 Å². The van der Waals surface area contributed by atoms with Crippen molar-refractivity contribution < 1.29 is 9.90 Å². The Bertz CT molecular complexity index is 697. The van der Waals surface area contributed by atoms with Gasteiger partial charge in [0.05, 0.1) is 10.7 Å². The fraction of sp³-hybridized carbons (Fsp3) is 0.400. The molecule has 1 aromatic heterocycles. The predicted molar refractivity (Wildman–Crippen MR) is 105 cm³/mol. The number of nitrogens with zero attached hydrogens (tertiary/aromatic N) is 1. The highest BCUT2D eigenvalue weighted by atomic mass is 32.2. The summed E-state index contributed by atoms with van der Waals surface area (Å²) in [6.45, 7) is 0. The zero-order chi connectivity index (χ0) is 17.5. The molecule has 1 saturated carbocycles. The first-order chi connectivity index (χ1) is 12.2. The van der Waals surface area contributed by atoms with E-state index in [0.717, 1.165) is 27.3 Å². The first kappa shape index (κ1) is 18.3. The van der Waals surface area contributed by atoms with E-state index >= 15 is 0 Å². The van der Waals surface area contributed by atoms with Gasteiger partial charge in [-0.25, -0.2) is 4.98 Å². The highest BCUT2D eigenvalue weighted by Gasteiger charge is 2.16. The number of pyridine rings is 1. The summed E-state index contributed by atoms with van der Waals surface area (Å²) >= 11 is 3.62. The molecule has 25 heavy (non-hydrogen) atoms. The molecule has 0 amide bonds. The monoisotopic (exact) mass is 373 g/mol. The SMILES string of the molecule is O=C(O)CCCSc1ccc(-c2cccc(SC3CCCC3)n2)cc1. The van der Waals surface area contributed by atoms with Crippen molar-refractivity contribution in [2.24, 2.45) is 0 Å². The number of hydrogen-bond acceptors (Lipinski definition) is 4. The van der Waals surface area contributed by atoms with E-state index in [0.29, 0.717) is 6.42 Å². The Morgan fingerprint density at radius 2 is 1.88 bits per heavy atom. The molecular formula is C20H23NO2S2. The number of rotatable bonds is 8. The summed E-state index contributed by atoms with van der Waals surface area (Å²) in [6, 6.07) is 14.7. The van der Waals surface area contributed by atoms with Gasteiger partial charge in [-0.1, -0.05) is 31.0 Å². The Balaban J connectivity index is 1.58. The molecule has 1 heterocycles. The van der Waals surface area contributed by atoms with Gasteiger partial charge in [0.2, 0.25) is 0 Å². The van der Waals surface area contributed by atoms with Gasteiger partial charge in [0, 0.05) is 22.1 Å². The van der Waals surface area contributed by atoms with Gasteiger partial charge in [0.25, 0.3) is 0 Å². The molecule has 0 saturated heterocycles. The highest BCUT2D eigenvalue weighted by Crippen LogP contribution is 2.34. The maximum absolute atomic E-state index is 10.5. The van der Waals surface area contributed by atoms with Crippen LogP contribution in [0.5, 0.6) is 0 Å². The first-order valence-electron chi connectivity index (χ1n) is 8.79. The Morgan fingerprint density at radius 3 is 2.60 bits per heavy atom. The van der Waals surface area contributed by atoms with Gasteiger partial charge < -0.3 is 5.11 Å². The molecule has 3 nitrogen and oxygen atoms in total. The minimum atomic E-state index is -0.725. The Kier molecular flexibility index (Phi) is 6.82. The molecule has 0 bridgehead atoms. The quantitative estimate of drug-likeness (QED) is 0.472. The first-order valence-corrected chi connectivity index (χ1v) is 10.7. The molecule has 0 unspecified atom stereocenters. The molecule has 1 fully saturated rings. The third-order valence-electron chi connectivity index (χ3n) is 4.27. The molecule has 3 rings (SSSR count). The molecule has 2 aromatic rings. The number of carbonyl (C=O) groups is 1. The summed E-state index contributed by atoms with van der Waals surface area (Å²) < 4.78 is 0. The zero-order valence-corrected chi connectivity index (χ0v) is 15.8. The summed E-state index contributed by atoms with van der Waals surface area (Å²) in [7, 11) is 0. The van der Waals surface area contributed by atoms with E-state index in [4.69, 9.17) is 10.1 Å². The van der Waals surface area contributed by atoms with Gasteiger partial charge in [-0.05, 0) is 49.3 Å². The lowest BCUT2D eigenvalue weighted by atomic mass is 10.1. The van der Waals surface area contributed by atoms with Crippen molar-refractivity contribution in [3.63, 3.8) is 0 Å². The zero-order valence-electron chi connectivity index (χ0n) is 14.2. The summed E-state index contributed by atoms with van der Waals surface area (Å²) in [5.41, 5.74) is 2.15. The normalized spacial score (nSPS) is 14.7. The van der Waals surface area contributed by atoms with Gasteiger partial charge in [-0.2, -0.15) is 0 Å². The summed E-state index contributed by atoms with van der Waals surface area (Å²) in [4.78, 5) is 16.5. The second kappa shape index (κ2) is 9.30. The van der Waals surface area contributed by atoms with Crippen molar-refractivity contribution in [3.05, 3.63) is 42.5 Å². The van der Waals surface area contributed by atoms with Gasteiger partial charge in [0.15, 0.2) is 0 Å². The average molecular weight is 374 g/mol. The highest BCUT2D eigenvalue weighted by molar-refractivity contribution is 8.00. The van der Waals surface area contributed by atoms with Crippen LogP contribution in [0.2, 0.25) is 0 Å². The van der Waals surface area contributed by atoms with E-state index in [-0.39, 0.29) is 6.42 Å². The smallest absolute Gasteiger partial charge is 0.303 e. The van der Waals surface area contributed by atoms with E-state index in [1.807, 2.05) is 11.8 Å². The van der Waals surface area contributed by atoms with Crippen molar-refractivity contribution in [1.82, 2.24) is 4.98 Å². The van der Waals surface area contributed by atoms with Crippen LogP contribution in [-0.4, -0.2) is 27.1 Å². The standard InChI is InChI=1S/C20H23NO2S2/c22-20(23)9-4-14-24-16-12-10-15(11-13-16)18-7-3-8-19(21-18)25-17-5-1-2-6-17/h3,7-8,10-13,17H,1-2,4-6,9,14H2,(H,22,23). The number of hydrogen-bond donors (Lipinski definition) is 1. The maximum Gasteiger partial charge on any atom is 0.303 e. The van der Waals surface area contributed by atoms with Crippen LogP contribution in [0, 0.1) is 0 Å². The molecule has 1 aromatic carbocycles. The van der Waals surface area contributed by atoms with Crippen molar-refractivity contribution in [1.29, 1.82) is 0 Å². The third-order valence-corrected chi connectivity index (χ3v) is 6.64. The Morgan fingerprint density at radius 1 is 1.12 bits per heavy atom. The number of carboxylic acid groups (broad SMARTS) is 1. The summed E-state index contributed by atoms with van der Waals surface area (Å²) in [5, 5.41) is 10.5. The van der Waals surface area contributed by atoms with Crippen LogP contribution in [0.25, 0.3) is 11.3 Å². The fourth-order valence-corrected chi connectivity index (χ4v) is 5.03. The van der Waals surface area contributed by atoms with Crippen molar-refractivity contribution in [2.75, 3.05) is 5.75 Å². The number of aliphatic carboxylic acids is 1. The van der Waals surface area contributed by atoms with Crippen LogP contribution in [0.3, 0.4) is 0 Å². The van der Waals surface area contributed by atoms with E-state index < -0.39 is 5.97 Å². The Hall–Kier alpha value is -1.46. The van der Waals surface area contributed by atoms with Crippen LogP contribution in [0.15, 0.2) is 52.4 Å². The molecule has 1 N–H and O–H groups in total. The van der Waals surface area contributed by atoms with Crippen LogP contribution in [0.1, 0.15) is 38.5 Å². The molecule has 0 radical (unpaired) electrons. The second-order valence-electron chi connectivity index (χ2n) is 6.26. The van der Waals surface area contributed by atoms with Gasteiger partial charge in [-0.15, -0.1) is 23.5 Å². The van der Waals surface area contributed by atoms with Crippen molar-refractivity contribution in [3.8, 4) is 11.3 Å². The van der Waals surface area contributed by atoms with E-state index in [1.165, 1.54) is 30.6 Å². The Labute approximate surface area is 157 Å². The van der Waals surface area contributed by atoms with E-state index in [2.05, 4.69) is 42.5 Å². The average Bonchev–Trinajstić information content (AvgIpc) is 3.12. The van der Waals surface area contributed by atoms with Gasteiger partial charge in [0.1, 0.15) is 0 Å². The van der Waals surface area contributed by atoms with Crippen LogP contribution < -0.4 is 0 Å². The van der Waals surface area contributed by atoms with Crippen LogP contribution in [0.4, 0.5) is 0 Å². The van der Waals surface area contributed by atoms with Gasteiger partial charge in [-0.3, -0.25) is 4.79 Å². The fourth-order valence-electron chi connectivity index (χ4n) is 2.95. The number of aromatic nitrogens is 1. The molecule has 0 aliphatic heterocycles. The third kappa shape index (κ3) is 5.79. The lowest BCUT2D eigenvalue weighted by molar-refractivity contribution is -0.137. The van der Waals surface area contributed by atoms with Crippen LogP contribution in [-0.2, 0) is 4.79 Å². The molecule has 1 aliphatic rings.